The van der Waals surface area contributed by atoms with E-state index in [0.29, 0.717) is 6.07 Å². The van der Waals surface area contributed by atoms with Gasteiger partial charge in [0.05, 0.1) is 24.0 Å². The molecule has 0 atom stereocenters. The zero-order chi connectivity index (χ0) is 17.9. The summed E-state index contributed by atoms with van der Waals surface area (Å²) in [6.45, 7) is 0. The molecular formula is C15H11BF4N2O2. The Morgan fingerprint density at radius 1 is 1.17 bits per heavy atom. The summed E-state index contributed by atoms with van der Waals surface area (Å²) >= 11 is 0. The molecule has 0 saturated heterocycles. The zero-order valence-corrected chi connectivity index (χ0v) is 12.4. The molecular weight excluding hydrogens is 327 g/mol. The summed E-state index contributed by atoms with van der Waals surface area (Å²) in [7, 11) is 6.78. The van der Waals surface area contributed by atoms with Crippen LogP contribution in [-0.2, 0) is 6.18 Å². The molecule has 9 heteroatoms. The van der Waals surface area contributed by atoms with Crippen LogP contribution in [0.1, 0.15) is 5.56 Å². The van der Waals surface area contributed by atoms with Gasteiger partial charge in [0, 0.05) is 0 Å². The number of amides is 2. The van der Waals surface area contributed by atoms with E-state index in [1.54, 1.807) is 0 Å². The largest absolute Gasteiger partial charge is 0.495 e. The number of urea groups is 1. The Morgan fingerprint density at radius 3 is 2.46 bits per heavy atom. The number of rotatable bonds is 3. The van der Waals surface area contributed by atoms with Crippen molar-refractivity contribution in [3.63, 3.8) is 0 Å². The van der Waals surface area contributed by atoms with Crippen LogP contribution in [0.2, 0.25) is 0 Å². The maximum absolute atomic E-state index is 13.6. The van der Waals surface area contributed by atoms with Crippen molar-refractivity contribution < 1.29 is 27.1 Å². The second-order valence-electron chi connectivity index (χ2n) is 4.70. The maximum Gasteiger partial charge on any atom is 0.416 e. The van der Waals surface area contributed by atoms with Gasteiger partial charge in [0.25, 0.3) is 0 Å². The van der Waals surface area contributed by atoms with Gasteiger partial charge in [-0.1, -0.05) is 17.6 Å². The summed E-state index contributed by atoms with van der Waals surface area (Å²) in [5.41, 5.74) is -1.49. The number of carbonyl (C=O) groups excluding carboxylic acids is 1. The lowest BCUT2D eigenvalue weighted by Crippen LogP contribution is -2.25. The van der Waals surface area contributed by atoms with Crippen molar-refractivity contribution in [2.75, 3.05) is 17.7 Å². The van der Waals surface area contributed by atoms with Crippen LogP contribution in [0.25, 0.3) is 0 Å². The van der Waals surface area contributed by atoms with Crippen LogP contribution >= 0.6 is 0 Å². The first-order valence-corrected chi connectivity index (χ1v) is 6.59. The van der Waals surface area contributed by atoms with Crippen LogP contribution in [0.3, 0.4) is 0 Å². The topological polar surface area (TPSA) is 50.4 Å². The SMILES string of the molecule is [B]c1cccc(F)c1NC(=O)Nc1cc(C(F)(F)F)ccc1OC. The number of ether oxygens (including phenoxy) is 1. The highest BCUT2D eigenvalue weighted by Gasteiger charge is 2.31. The molecule has 2 N–H and O–H groups in total. The van der Waals surface area contributed by atoms with Crippen molar-refractivity contribution in [1.29, 1.82) is 0 Å². The lowest BCUT2D eigenvalue weighted by atomic mass is 9.94. The molecule has 2 aromatic carbocycles. The van der Waals surface area contributed by atoms with Crippen molar-refractivity contribution >= 4 is 30.7 Å². The summed E-state index contributed by atoms with van der Waals surface area (Å²) in [5.74, 6) is -0.763. The number of hydrogen-bond acceptors (Lipinski definition) is 2. The predicted molar refractivity (Wildman–Crippen MR) is 82.4 cm³/mol. The Morgan fingerprint density at radius 2 is 1.88 bits per heavy atom. The van der Waals surface area contributed by atoms with E-state index >= 15 is 0 Å². The minimum Gasteiger partial charge on any atom is -0.495 e. The maximum atomic E-state index is 13.6. The summed E-state index contributed by atoms with van der Waals surface area (Å²) in [6, 6.07) is 5.42. The Kier molecular flexibility index (Phi) is 5.01. The summed E-state index contributed by atoms with van der Waals surface area (Å²) < 4.78 is 56.8. The van der Waals surface area contributed by atoms with Gasteiger partial charge < -0.3 is 15.4 Å². The second kappa shape index (κ2) is 6.82. The van der Waals surface area contributed by atoms with Gasteiger partial charge in [-0.05, 0) is 24.3 Å². The Bertz CT molecular complexity index is 745. The van der Waals surface area contributed by atoms with Gasteiger partial charge in [0.1, 0.15) is 19.4 Å². The first-order chi connectivity index (χ1) is 11.2. The van der Waals surface area contributed by atoms with Gasteiger partial charge >= 0.3 is 12.2 Å². The molecule has 2 rings (SSSR count). The van der Waals surface area contributed by atoms with Crippen LogP contribution in [-0.4, -0.2) is 21.0 Å². The first-order valence-electron chi connectivity index (χ1n) is 6.59. The fourth-order valence-electron chi connectivity index (χ4n) is 1.92. The van der Waals surface area contributed by atoms with Crippen LogP contribution in [0.5, 0.6) is 5.75 Å². The van der Waals surface area contributed by atoms with Crippen LogP contribution in [0, 0.1) is 5.82 Å². The molecule has 0 fully saturated rings. The fourth-order valence-corrected chi connectivity index (χ4v) is 1.92. The third-order valence-electron chi connectivity index (χ3n) is 3.06. The second-order valence-corrected chi connectivity index (χ2v) is 4.70. The van der Waals surface area contributed by atoms with Crippen molar-refractivity contribution in [3.8, 4) is 5.75 Å². The van der Waals surface area contributed by atoms with E-state index < -0.39 is 23.6 Å². The minimum atomic E-state index is -4.59. The molecule has 124 valence electrons. The van der Waals surface area contributed by atoms with E-state index in [2.05, 4.69) is 10.6 Å². The molecule has 2 radical (unpaired) electrons. The van der Waals surface area contributed by atoms with E-state index in [-0.39, 0.29) is 22.6 Å². The number of methoxy groups -OCH3 is 1. The summed E-state index contributed by atoms with van der Waals surface area (Å²) in [6.07, 6.45) is -4.59. The minimum absolute atomic E-state index is 0.0136. The van der Waals surface area contributed by atoms with Crippen LogP contribution < -0.4 is 20.8 Å². The zero-order valence-electron chi connectivity index (χ0n) is 12.4. The predicted octanol–water partition coefficient (Wildman–Crippen LogP) is 3.29. The van der Waals surface area contributed by atoms with E-state index in [4.69, 9.17) is 12.6 Å². The third kappa shape index (κ3) is 3.98. The highest BCUT2D eigenvalue weighted by Crippen LogP contribution is 2.34. The smallest absolute Gasteiger partial charge is 0.416 e. The van der Waals surface area contributed by atoms with Crippen molar-refractivity contribution in [3.05, 3.63) is 47.8 Å². The lowest BCUT2D eigenvalue weighted by Gasteiger charge is -2.15. The number of nitrogens with one attached hydrogen (secondary N) is 2. The summed E-state index contributed by atoms with van der Waals surface area (Å²) in [5, 5.41) is 4.33. The summed E-state index contributed by atoms with van der Waals surface area (Å²) in [4.78, 5) is 11.9. The van der Waals surface area contributed by atoms with Crippen molar-refractivity contribution in [1.82, 2.24) is 0 Å². The molecule has 0 bridgehead atoms. The fraction of sp³-hybridized carbons (Fsp3) is 0.133. The molecule has 0 unspecified atom stereocenters. The molecule has 24 heavy (non-hydrogen) atoms. The standard InChI is InChI=1S/C15H11BF4N2O2/c1-24-12-6-5-8(15(18,19)20)7-11(12)21-14(23)22-13-9(16)3-2-4-10(13)17/h2-7H,1H3,(H2,21,22,23). The molecule has 0 aliphatic rings. The molecule has 0 aliphatic carbocycles. The highest BCUT2D eigenvalue weighted by molar-refractivity contribution is 6.36. The van der Waals surface area contributed by atoms with E-state index in [1.165, 1.54) is 19.2 Å². The van der Waals surface area contributed by atoms with Gasteiger partial charge in [-0.25, -0.2) is 9.18 Å². The van der Waals surface area contributed by atoms with Gasteiger partial charge in [0.15, 0.2) is 0 Å². The number of halogens is 4. The molecule has 0 spiro atoms. The number of alkyl halides is 3. The number of para-hydroxylation sites is 1. The molecule has 0 aliphatic heterocycles. The van der Waals surface area contributed by atoms with Gasteiger partial charge in [0.2, 0.25) is 0 Å². The van der Waals surface area contributed by atoms with Crippen LogP contribution in [0.4, 0.5) is 33.7 Å². The molecule has 4 nitrogen and oxygen atoms in total. The van der Waals surface area contributed by atoms with Crippen molar-refractivity contribution in [2.45, 2.75) is 6.18 Å². The quantitative estimate of drug-likeness (QED) is 0.667. The van der Waals surface area contributed by atoms with Crippen LogP contribution in [0.15, 0.2) is 36.4 Å². The normalized spacial score (nSPS) is 11.0. The molecule has 0 aromatic heterocycles. The molecule has 0 saturated carbocycles. The lowest BCUT2D eigenvalue weighted by molar-refractivity contribution is -0.137. The average Bonchev–Trinajstić information content (AvgIpc) is 2.50. The number of benzene rings is 2. The first kappa shape index (κ1) is 17.6. The monoisotopic (exact) mass is 338 g/mol. The van der Waals surface area contributed by atoms with Gasteiger partial charge in [-0.15, -0.1) is 0 Å². The van der Waals surface area contributed by atoms with E-state index in [9.17, 15) is 22.4 Å². The van der Waals surface area contributed by atoms with Gasteiger partial charge in [-0.3, -0.25) is 0 Å². The molecule has 0 heterocycles. The van der Waals surface area contributed by atoms with Gasteiger partial charge in [-0.2, -0.15) is 13.2 Å². The van der Waals surface area contributed by atoms with E-state index in [1.807, 2.05) is 0 Å². The Hall–Kier alpha value is -2.71. The third-order valence-corrected chi connectivity index (χ3v) is 3.06. The molecule has 2 amide bonds. The molecule has 2 aromatic rings. The highest BCUT2D eigenvalue weighted by atomic mass is 19.4. The van der Waals surface area contributed by atoms with E-state index in [0.717, 1.165) is 18.2 Å². The Balaban J connectivity index is 2.25. The van der Waals surface area contributed by atoms with Crippen molar-refractivity contribution in [2.24, 2.45) is 0 Å². The average molecular weight is 338 g/mol. The Labute approximate surface area is 136 Å². The number of anilines is 2. The number of carbonyl (C=O) groups is 1. The number of hydrogen-bond donors (Lipinski definition) is 2.